The number of carbonyl (C=O) groups excluding carboxylic acids is 1. The molecule has 2 rings (SSSR count). The Morgan fingerprint density at radius 3 is 2.63 bits per heavy atom. The molecule has 0 aliphatic carbocycles. The summed E-state index contributed by atoms with van der Waals surface area (Å²) < 4.78 is 13.9. The predicted molar refractivity (Wildman–Crippen MR) is 83.3 cm³/mol. The summed E-state index contributed by atoms with van der Waals surface area (Å²) in [6, 6.07) is 9.48. The molecule has 0 saturated heterocycles. The number of aryl methyl sites for hydroxylation is 1. The average Bonchev–Trinajstić information content (AvgIpc) is 2.37. The van der Waals surface area contributed by atoms with E-state index < -0.39 is 0 Å². The van der Waals surface area contributed by atoms with Gasteiger partial charge in [0.2, 0.25) is 0 Å². The lowest BCUT2D eigenvalue weighted by Crippen LogP contribution is -2.12. The van der Waals surface area contributed by atoms with E-state index in [-0.39, 0.29) is 11.7 Å². The van der Waals surface area contributed by atoms with Crippen molar-refractivity contribution in [3.8, 4) is 0 Å². The minimum Gasteiger partial charge on any atom is -0.322 e. The molecule has 0 saturated carbocycles. The average molecular weight is 390 g/mol. The van der Waals surface area contributed by atoms with E-state index in [0.717, 1.165) is 3.57 Å². The quantitative estimate of drug-likeness (QED) is 0.745. The van der Waals surface area contributed by atoms with Gasteiger partial charge in [-0.2, -0.15) is 0 Å². The van der Waals surface area contributed by atoms with Gasteiger partial charge in [-0.1, -0.05) is 11.6 Å². The van der Waals surface area contributed by atoms with E-state index in [1.165, 1.54) is 12.1 Å². The first-order chi connectivity index (χ1) is 8.97. The van der Waals surface area contributed by atoms with Crippen molar-refractivity contribution >= 4 is 45.8 Å². The Labute approximate surface area is 129 Å². The monoisotopic (exact) mass is 389 g/mol. The molecule has 0 aliphatic heterocycles. The maximum absolute atomic E-state index is 13.1. The van der Waals surface area contributed by atoms with E-state index in [2.05, 4.69) is 27.9 Å². The topological polar surface area (TPSA) is 29.1 Å². The van der Waals surface area contributed by atoms with Gasteiger partial charge in [0.05, 0.1) is 5.02 Å². The number of rotatable bonds is 2. The molecule has 0 unspecified atom stereocenters. The van der Waals surface area contributed by atoms with E-state index in [1.807, 2.05) is 0 Å². The van der Waals surface area contributed by atoms with Gasteiger partial charge in [0.15, 0.2) is 0 Å². The summed E-state index contributed by atoms with van der Waals surface area (Å²) in [6.07, 6.45) is 0. The number of carbonyl (C=O) groups is 1. The van der Waals surface area contributed by atoms with E-state index >= 15 is 0 Å². The first-order valence-corrected chi connectivity index (χ1v) is 6.95. The van der Waals surface area contributed by atoms with Crippen LogP contribution in [0.15, 0.2) is 36.4 Å². The Kier molecular flexibility index (Phi) is 4.42. The van der Waals surface area contributed by atoms with Crippen molar-refractivity contribution in [2.24, 2.45) is 0 Å². The third-order valence-electron chi connectivity index (χ3n) is 2.60. The molecule has 2 nitrogen and oxygen atoms in total. The number of benzene rings is 2. The van der Waals surface area contributed by atoms with E-state index in [1.54, 1.807) is 31.2 Å². The second-order valence-electron chi connectivity index (χ2n) is 4.05. The molecule has 0 aromatic heterocycles. The van der Waals surface area contributed by atoms with Crippen molar-refractivity contribution in [1.82, 2.24) is 0 Å². The van der Waals surface area contributed by atoms with Crippen molar-refractivity contribution < 1.29 is 9.18 Å². The maximum Gasteiger partial charge on any atom is 0.255 e. The molecule has 98 valence electrons. The Morgan fingerprint density at radius 2 is 2.00 bits per heavy atom. The molecule has 0 spiro atoms. The smallest absolute Gasteiger partial charge is 0.255 e. The molecule has 0 atom stereocenters. The Morgan fingerprint density at radius 1 is 1.26 bits per heavy atom. The fourth-order valence-electron chi connectivity index (χ4n) is 1.56. The summed E-state index contributed by atoms with van der Waals surface area (Å²) in [5, 5.41) is 3.33. The van der Waals surface area contributed by atoms with E-state index in [4.69, 9.17) is 11.6 Å². The summed E-state index contributed by atoms with van der Waals surface area (Å²) >= 11 is 7.97. The highest BCUT2D eigenvalue weighted by molar-refractivity contribution is 14.1. The molecule has 1 N–H and O–H groups in total. The molecule has 5 heteroatoms. The molecule has 0 aliphatic rings. The lowest BCUT2D eigenvalue weighted by molar-refractivity contribution is 0.102. The predicted octanol–water partition coefficient (Wildman–Crippen LogP) is 4.64. The molecule has 1 amide bonds. The van der Waals surface area contributed by atoms with E-state index in [0.29, 0.717) is 21.8 Å². The molecular weight excluding hydrogens is 380 g/mol. The first kappa shape index (κ1) is 14.3. The second kappa shape index (κ2) is 5.88. The third-order valence-corrected chi connectivity index (χ3v) is 4.14. The van der Waals surface area contributed by atoms with Crippen LogP contribution in [0, 0.1) is 16.3 Å². The van der Waals surface area contributed by atoms with Gasteiger partial charge in [-0.15, -0.1) is 0 Å². The molecule has 2 aromatic carbocycles. The van der Waals surface area contributed by atoms with Gasteiger partial charge < -0.3 is 5.32 Å². The van der Waals surface area contributed by atoms with Crippen molar-refractivity contribution in [1.29, 1.82) is 0 Å². The third kappa shape index (κ3) is 3.45. The van der Waals surface area contributed by atoms with Crippen LogP contribution < -0.4 is 5.32 Å². The number of nitrogens with one attached hydrogen (secondary N) is 1. The molecule has 2 aromatic rings. The zero-order chi connectivity index (χ0) is 14.0. The number of hydrogen-bond acceptors (Lipinski definition) is 1. The maximum atomic E-state index is 13.1. The minimum atomic E-state index is -0.293. The lowest BCUT2D eigenvalue weighted by atomic mass is 10.2. The summed E-state index contributed by atoms with van der Waals surface area (Å²) in [4.78, 5) is 12.0. The van der Waals surface area contributed by atoms with Crippen LogP contribution in [0.5, 0.6) is 0 Å². The van der Waals surface area contributed by atoms with Gasteiger partial charge >= 0.3 is 0 Å². The number of hydrogen-bond donors (Lipinski definition) is 1. The molecule has 0 fully saturated rings. The Balaban J connectivity index is 2.20. The van der Waals surface area contributed by atoms with Crippen molar-refractivity contribution in [3.05, 3.63) is 61.9 Å². The van der Waals surface area contributed by atoms with Crippen molar-refractivity contribution in [2.45, 2.75) is 6.92 Å². The fourth-order valence-corrected chi connectivity index (χ4v) is 2.20. The standard InChI is InChI=1S/C14H10ClFINO/c1-8-6-10(3-5-12(8)16)18-14(19)9-2-4-11(15)13(17)7-9/h2-7H,1H3,(H,18,19). The molecular formula is C14H10ClFINO. The van der Waals surface area contributed by atoms with Gasteiger partial charge in [-0.3, -0.25) is 4.79 Å². The highest BCUT2D eigenvalue weighted by atomic mass is 127. The molecule has 0 bridgehead atoms. The van der Waals surface area contributed by atoms with Gasteiger partial charge in [0.1, 0.15) is 5.82 Å². The largest absolute Gasteiger partial charge is 0.322 e. The zero-order valence-electron chi connectivity index (χ0n) is 10.0. The van der Waals surface area contributed by atoms with Crippen LogP contribution in [0.1, 0.15) is 15.9 Å². The molecule has 0 radical (unpaired) electrons. The summed E-state index contributed by atoms with van der Waals surface area (Å²) in [7, 11) is 0. The van der Waals surface area contributed by atoms with Crippen LogP contribution in [0.3, 0.4) is 0 Å². The fraction of sp³-hybridized carbons (Fsp3) is 0.0714. The van der Waals surface area contributed by atoms with Gasteiger partial charge in [-0.25, -0.2) is 4.39 Å². The van der Waals surface area contributed by atoms with Crippen LogP contribution in [0.4, 0.5) is 10.1 Å². The number of anilines is 1. The van der Waals surface area contributed by atoms with Crippen LogP contribution in [0.2, 0.25) is 5.02 Å². The van der Waals surface area contributed by atoms with Gasteiger partial charge in [-0.05, 0) is 71.5 Å². The van der Waals surface area contributed by atoms with Crippen LogP contribution in [-0.2, 0) is 0 Å². The van der Waals surface area contributed by atoms with Gasteiger partial charge in [0.25, 0.3) is 5.91 Å². The lowest BCUT2D eigenvalue weighted by Gasteiger charge is -2.07. The highest BCUT2D eigenvalue weighted by Gasteiger charge is 2.09. The SMILES string of the molecule is Cc1cc(NC(=O)c2ccc(Cl)c(I)c2)ccc1F. The van der Waals surface area contributed by atoms with Crippen LogP contribution >= 0.6 is 34.2 Å². The summed E-state index contributed by atoms with van der Waals surface area (Å²) in [5.74, 6) is -0.542. The molecule has 0 heterocycles. The first-order valence-electron chi connectivity index (χ1n) is 5.50. The Bertz CT molecular complexity index is 645. The van der Waals surface area contributed by atoms with Crippen molar-refractivity contribution in [2.75, 3.05) is 5.32 Å². The van der Waals surface area contributed by atoms with Crippen LogP contribution in [0.25, 0.3) is 0 Å². The number of halogens is 3. The zero-order valence-corrected chi connectivity index (χ0v) is 12.9. The van der Waals surface area contributed by atoms with Crippen molar-refractivity contribution in [3.63, 3.8) is 0 Å². The Hall–Kier alpha value is -1.14. The number of amides is 1. The van der Waals surface area contributed by atoms with Gasteiger partial charge in [0, 0.05) is 14.8 Å². The normalized spacial score (nSPS) is 10.3. The minimum absolute atomic E-state index is 0.249. The highest BCUT2D eigenvalue weighted by Crippen LogP contribution is 2.20. The van der Waals surface area contributed by atoms with Crippen LogP contribution in [-0.4, -0.2) is 5.91 Å². The van der Waals surface area contributed by atoms with E-state index in [9.17, 15) is 9.18 Å². The summed E-state index contributed by atoms with van der Waals surface area (Å²) in [6.45, 7) is 1.65. The summed E-state index contributed by atoms with van der Waals surface area (Å²) in [5.41, 5.74) is 1.56. The second-order valence-corrected chi connectivity index (χ2v) is 5.62. The molecule has 19 heavy (non-hydrogen) atoms.